The zero-order valence-electron chi connectivity index (χ0n) is 20.6. The number of carbonyl (C=O) groups is 2. The first-order valence-electron chi connectivity index (χ1n) is 10.8. The molecule has 0 aromatic heterocycles. The van der Waals surface area contributed by atoms with E-state index >= 15 is 0 Å². The second-order valence-electron chi connectivity index (χ2n) is 8.98. The molecule has 0 unspecified atom stereocenters. The summed E-state index contributed by atoms with van der Waals surface area (Å²) in [5.74, 6) is 1.56. The molecule has 0 amide bonds. The van der Waals surface area contributed by atoms with Crippen molar-refractivity contribution in [2.45, 2.75) is 52.7 Å². The summed E-state index contributed by atoms with van der Waals surface area (Å²) in [5.41, 5.74) is -1.19. The van der Waals surface area contributed by atoms with Crippen LogP contribution in [0.25, 0.3) is 0 Å². The minimum atomic E-state index is -0.596. The van der Waals surface area contributed by atoms with Gasteiger partial charge in [0.1, 0.15) is 17.8 Å². The van der Waals surface area contributed by atoms with Crippen LogP contribution in [-0.4, -0.2) is 101 Å². The fourth-order valence-electron chi connectivity index (χ4n) is 2.31. The number of nitrogens with zero attached hydrogens (tertiary/aromatic N) is 1. The zero-order valence-corrected chi connectivity index (χ0v) is 20.6. The van der Waals surface area contributed by atoms with E-state index in [-0.39, 0.29) is 19.7 Å². The average molecular weight is 460 g/mol. The molecule has 0 radical (unpaired) electrons. The molecule has 9 heteroatoms. The summed E-state index contributed by atoms with van der Waals surface area (Å²) in [7, 11) is 0. The van der Waals surface area contributed by atoms with Crippen molar-refractivity contribution < 1.29 is 38.0 Å². The molecule has 0 saturated heterocycles. The maximum absolute atomic E-state index is 12.2. The molecule has 0 fully saturated rings. The summed E-state index contributed by atoms with van der Waals surface area (Å²) >= 11 is 0. The van der Waals surface area contributed by atoms with Gasteiger partial charge in [0.2, 0.25) is 0 Å². The Hall–Kier alpha value is -1.70. The Kier molecular flexibility index (Phi) is 16.0. The van der Waals surface area contributed by atoms with Gasteiger partial charge < -0.3 is 28.4 Å². The highest BCUT2D eigenvalue weighted by molar-refractivity contribution is 5.75. The molecule has 0 aliphatic heterocycles. The molecule has 0 rings (SSSR count). The molecule has 9 nitrogen and oxygen atoms in total. The van der Waals surface area contributed by atoms with Crippen LogP contribution in [0.15, 0.2) is 0 Å². The third-order valence-electron chi connectivity index (χ3n) is 3.40. The summed E-state index contributed by atoms with van der Waals surface area (Å²) in [6, 6.07) is 0. The molecule has 186 valence electrons. The van der Waals surface area contributed by atoms with Crippen LogP contribution in [0.1, 0.15) is 41.5 Å². The molecule has 32 heavy (non-hydrogen) atoms. The first-order valence-corrected chi connectivity index (χ1v) is 10.8. The lowest BCUT2D eigenvalue weighted by Gasteiger charge is -2.26. The van der Waals surface area contributed by atoms with Gasteiger partial charge in [0, 0.05) is 6.54 Å². The van der Waals surface area contributed by atoms with Gasteiger partial charge in [0.25, 0.3) is 0 Å². The molecule has 0 aliphatic rings. The van der Waals surface area contributed by atoms with Crippen LogP contribution in [0.5, 0.6) is 0 Å². The molecule has 0 aliphatic carbocycles. The van der Waals surface area contributed by atoms with Crippen molar-refractivity contribution in [3.05, 3.63) is 0 Å². The summed E-state index contributed by atoms with van der Waals surface area (Å²) in [6.45, 7) is 14.3. The standard InChI is InChI=1S/C23H41NO8/c1-8-10-27-12-14-29-16-17-30-15-13-28-11-9-24(18-20(25)31-22(2,3)4)19-21(26)32-23(5,6)7/h1H,9-19H2,2-7H3. The Morgan fingerprint density at radius 2 is 1.06 bits per heavy atom. The molecule has 0 N–H and O–H groups in total. The van der Waals surface area contributed by atoms with E-state index in [1.807, 2.05) is 0 Å². The van der Waals surface area contributed by atoms with Gasteiger partial charge in [-0.1, -0.05) is 5.92 Å². The summed E-state index contributed by atoms with van der Waals surface area (Å²) in [6.07, 6.45) is 5.07. The van der Waals surface area contributed by atoms with Gasteiger partial charge in [-0.2, -0.15) is 0 Å². The van der Waals surface area contributed by atoms with Gasteiger partial charge in [-0.3, -0.25) is 14.5 Å². The second-order valence-corrected chi connectivity index (χ2v) is 8.98. The molecule has 0 heterocycles. The van der Waals surface area contributed by atoms with Crippen molar-refractivity contribution in [3.63, 3.8) is 0 Å². The largest absolute Gasteiger partial charge is 0.459 e. The minimum Gasteiger partial charge on any atom is -0.459 e. The van der Waals surface area contributed by atoms with Crippen LogP contribution >= 0.6 is 0 Å². The molecule has 0 spiro atoms. The number of hydrogen-bond acceptors (Lipinski definition) is 9. The summed E-state index contributed by atoms with van der Waals surface area (Å²) in [4.78, 5) is 26.0. The van der Waals surface area contributed by atoms with Gasteiger partial charge in [-0.25, -0.2) is 0 Å². The van der Waals surface area contributed by atoms with Crippen molar-refractivity contribution >= 4 is 11.9 Å². The monoisotopic (exact) mass is 459 g/mol. The van der Waals surface area contributed by atoms with E-state index < -0.39 is 23.1 Å². The highest BCUT2D eigenvalue weighted by atomic mass is 16.6. The van der Waals surface area contributed by atoms with E-state index in [1.165, 1.54) is 0 Å². The maximum Gasteiger partial charge on any atom is 0.320 e. The quantitative estimate of drug-likeness (QED) is 0.183. The highest BCUT2D eigenvalue weighted by Gasteiger charge is 2.23. The van der Waals surface area contributed by atoms with E-state index in [1.54, 1.807) is 46.4 Å². The van der Waals surface area contributed by atoms with Crippen LogP contribution in [-0.2, 0) is 38.0 Å². The first-order chi connectivity index (χ1) is 14.9. The fraction of sp³-hybridized carbons (Fsp3) is 0.826. The SMILES string of the molecule is C#CCOCCOCCOCCOCCN(CC(=O)OC(C)(C)C)CC(=O)OC(C)(C)C. The number of rotatable bonds is 17. The van der Waals surface area contributed by atoms with E-state index in [2.05, 4.69) is 5.92 Å². The lowest BCUT2D eigenvalue weighted by atomic mass is 10.2. The average Bonchev–Trinajstić information content (AvgIpc) is 2.62. The fourth-order valence-corrected chi connectivity index (χ4v) is 2.31. The number of carbonyl (C=O) groups excluding carboxylic acids is 2. The van der Waals surface area contributed by atoms with Crippen LogP contribution in [0.3, 0.4) is 0 Å². The van der Waals surface area contributed by atoms with Crippen molar-refractivity contribution in [2.75, 3.05) is 72.5 Å². The molecule has 0 aromatic rings. The van der Waals surface area contributed by atoms with Crippen LogP contribution in [0, 0.1) is 12.3 Å². The molecule has 0 aromatic carbocycles. The van der Waals surface area contributed by atoms with Gasteiger partial charge in [-0.15, -0.1) is 6.42 Å². The lowest BCUT2D eigenvalue weighted by Crippen LogP contribution is -2.41. The zero-order chi connectivity index (χ0) is 24.5. The molecular weight excluding hydrogens is 418 g/mol. The van der Waals surface area contributed by atoms with Crippen LogP contribution < -0.4 is 0 Å². The maximum atomic E-state index is 12.2. The van der Waals surface area contributed by atoms with E-state index in [4.69, 9.17) is 34.8 Å². The minimum absolute atomic E-state index is 0.0290. The summed E-state index contributed by atoms with van der Waals surface area (Å²) in [5, 5.41) is 0. The third-order valence-corrected chi connectivity index (χ3v) is 3.40. The number of ether oxygens (including phenoxy) is 6. The molecule has 0 saturated carbocycles. The smallest absolute Gasteiger partial charge is 0.320 e. The Balaban J connectivity index is 4.12. The molecule has 0 atom stereocenters. The predicted molar refractivity (Wildman–Crippen MR) is 120 cm³/mol. The first kappa shape index (κ1) is 30.3. The molecule has 0 bridgehead atoms. The van der Waals surface area contributed by atoms with Crippen molar-refractivity contribution in [3.8, 4) is 12.3 Å². The Bertz CT molecular complexity index is 530. The van der Waals surface area contributed by atoms with E-state index in [0.29, 0.717) is 52.8 Å². The Labute approximate surface area is 193 Å². The number of hydrogen-bond donors (Lipinski definition) is 0. The number of terminal acetylenes is 1. The second kappa shape index (κ2) is 16.9. The Morgan fingerprint density at radius 3 is 1.44 bits per heavy atom. The third kappa shape index (κ3) is 21.5. The van der Waals surface area contributed by atoms with Crippen molar-refractivity contribution in [1.82, 2.24) is 4.90 Å². The highest BCUT2D eigenvalue weighted by Crippen LogP contribution is 2.09. The van der Waals surface area contributed by atoms with Gasteiger partial charge in [0.05, 0.1) is 59.3 Å². The summed E-state index contributed by atoms with van der Waals surface area (Å²) < 4.78 is 32.1. The van der Waals surface area contributed by atoms with E-state index in [9.17, 15) is 9.59 Å². The van der Waals surface area contributed by atoms with Crippen LogP contribution in [0.4, 0.5) is 0 Å². The predicted octanol–water partition coefficient (Wildman–Crippen LogP) is 1.67. The van der Waals surface area contributed by atoms with Gasteiger partial charge >= 0.3 is 11.9 Å². The number of esters is 2. The lowest BCUT2D eigenvalue weighted by molar-refractivity contribution is -0.160. The van der Waals surface area contributed by atoms with Crippen LogP contribution in [0.2, 0.25) is 0 Å². The van der Waals surface area contributed by atoms with Crippen molar-refractivity contribution in [1.29, 1.82) is 0 Å². The normalized spacial score (nSPS) is 11.9. The van der Waals surface area contributed by atoms with Crippen molar-refractivity contribution in [2.24, 2.45) is 0 Å². The molecular formula is C23H41NO8. The van der Waals surface area contributed by atoms with E-state index in [0.717, 1.165) is 0 Å². The topological polar surface area (TPSA) is 92.8 Å². The van der Waals surface area contributed by atoms with Gasteiger partial charge in [0.15, 0.2) is 0 Å². The Morgan fingerprint density at radius 1 is 0.688 bits per heavy atom. The van der Waals surface area contributed by atoms with Gasteiger partial charge in [-0.05, 0) is 41.5 Å².